The number of likely N-dealkylation sites (tertiary alicyclic amines) is 1. The molecule has 3 N–H and O–H groups in total. The molecule has 0 aliphatic carbocycles. The van der Waals surface area contributed by atoms with Crippen molar-refractivity contribution >= 4 is 5.91 Å². The lowest BCUT2D eigenvalue weighted by molar-refractivity contribution is -0.125. The van der Waals surface area contributed by atoms with Gasteiger partial charge in [-0.05, 0) is 32.9 Å². The fourth-order valence-corrected chi connectivity index (χ4v) is 1.42. The molecule has 1 atom stereocenters. The molecule has 0 spiro atoms. The number of hydrogen-bond donors (Lipinski definition) is 2. The Labute approximate surface area is 66.7 Å². The van der Waals surface area contributed by atoms with Crippen LogP contribution in [0.25, 0.3) is 0 Å². The Morgan fingerprint density at radius 1 is 1.55 bits per heavy atom. The summed E-state index contributed by atoms with van der Waals surface area (Å²) in [6.45, 7) is 3.93. The molecule has 0 aromatic carbocycles. The molecule has 1 aliphatic heterocycles. The highest BCUT2D eigenvalue weighted by molar-refractivity contribution is 5.80. The predicted molar refractivity (Wildman–Crippen MR) is 42.6 cm³/mol. The van der Waals surface area contributed by atoms with E-state index in [1.165, 1.54) is 12.8 Å². The van der Waals surface area contributed by atoms with E-state index in [4.69, 9.17) is 5.84 Å². The first-order chi connectivity index (χ1) is 5.25. The highest BCUT2D eigenvalue weighted by Crippen LogP contribution is 2.10. The van der Waals surface area contributed by atoms with Gasteiger partial charge >= 0.3 is 0 Å². The monoisotopic (exact) mass is 157 g/mol. The maximum absolute atomic E-state index is 11.0. The molecule has 0 aromatic rings. The van der Waals surface area contributed by atoms with Crippen molar-refractivity contribution in [1.29, 1.82) is 0 Å². The number of rotatable bonds is 2. The normalized spacial score (nSPS) is 21.6. The van der Waals surface area contributed by atoms with Crippen molar-refractivity contribution in [1.82, 2.24) is 10.3 Å². The van der Waals surface area contributed by atoms with Crippen LogP contribution in [0.2, 0.25) is 0 Å². The minimum Gasteiger partial charge on any atom is -0.293 e. The first-order valence-corrected chi connectivity index (χ1v) is 4.00. The Hall–Kier alpha value is -0.610. The summed E-state index contributed by atoms with van der Waals surface area (Å²) in [7, 11) is 0. The number of nitrogens with two attached hydrogens (primary N) is 1. The van der Waals surface area contributed by atoms with Crippen LogP contribution in [-0.4, -0.2) is 29.9 Å². The Bertz CT molecular complexity index is 143. The first-order valence-electron chi connectivity index (χ1n) is 4.00. The van der Waals surface area contributed by atoms with Crippen LogP contribution in [0.4, 0.5) is 0 Å². The van der Waals surface area contributed by atoms with Gasteiger partial charge in [-0.1, -0.05) is 0 Å². The number of carbonyl (C=O) groups excluding carboxylic acids is 1. The number of nitrogens with zero attached hydrogens (tertiary/aromatic N) is 1. The molecule has 0 aromatic heterocycles. The SMILES string of the molecule is CC(C(=O)NN)N1CCCC1. The van der Waals surface area contributed by atoms with Crippen LogP contribution in [-0.2, 0) is 4.79 Å². The van der Waals surface area contributed by atoms with E-state index in [1.54, 1.807) is 0 Å². The molecule has 1 heterocycles. The van der Waals surface area contributed by atoms with Gasteiger partial charge in [0, 0.05) is 0 Å². The van der Waals surface area contributed by atoms with Gasteiger partial charge in [-0.3, -0.25) is 15.1 Å². The number of hydrogen-bond acceptors (Lipinski definition) is 3. The summed E-state index contributed by atoms with van der Waals surface area (Å²) in [5, 5.41) is 0. The second-order valence-corrected chi connectivity index (χ2v) is 2.93. The smallest absolute Gasteiger partial charge is 0.250 e. The Balaban J connectivity index is 2.39. The van der Waals surface area contributed by atoms with Crippen LogP contribution in [0.5, 0.6) is 0 Å². The third-order valence-corrected chi connectivity index (χ3v) is 2.21. The van der Waals surface area contributed by atoms with E-state index >= 15 is 0 Å². The largest absolute Gasteiger partial charge is 0.293 e. The summed E-state index contributed by atoms with van der Waals surface area (Å²) in [5.74, 6) is 4.92. The van der Waals surface area contributed by atoms with Gasteiger partial charge in [0.2, 0.25) is 0 Å². The molecule has 1 amide bonds. The Morgan fingerprint density at radius 2 is 2.09 bits per heavy atom. The van der Waals surface area contributed by atoms with Crippen molar-refractivity contribution in [3.8, 4) is 0 Å². The standard InChI is InChI=1S/C7H15N3O/c1-6(7(11)9-8)10-4-2-3-5-10/h6H,2-5,8H2,1H3,(H,9,11). The molecule has 11 heavy (non-hydrogen) atoms. The van der Waals surface area contributed by atoms with Crippen LogP contribution in [0.15, 0.2) is 0 Å². The molecule has 64 valence electrons. The van der Waals surface area contributed by atoms with Crippen molar-refractivity contribution < 1.29 is 4.79 Å². The zero-order valence-electron chi connectivity index (χ0n) is 6.84. The molecule has 1 aliphatic rings. The molecule has 1 unspecified atom stereocenters. The highest BCUT2D eigenvalue weighted by Gasteiger charge is 2.22. The summed E-state index contributed by atoms with van der Waals surface area (Å²) in [6.07, 6.45) is 2.39. The quantitative estimate of drug-likeness (QED) is 0.321. The van der Waals surface area contributed by atoms with Crippen molar-refractivity contribution in [2.45, 2.75) is 25.8 Å². The van der Waals surface area contributed by atoms with Gasteiger partial charge in [0.15, 0.2) is 0 Å². The minimum atomic E-state index is -0.0908. The fourth-order valence-electron chi connectivity index (χ4n) is 1.42. The summed E-state index contributed by atoms with van der Waals surface area (Å²) < 4.78 is 0. The average Bonchev–Trinajstić information content (AvgIpc) is 2.53. The van der Waals surface area contributed by atoms with Crippen molar-refractivity contribution in [3.63, 3.8) is 0 Å². The summed E-state index contributed by atoms with van der Waals surface area (Å²) >= 11 is 0. The number of nitrogens with one attached hydrogen (secondary N) is 1. The van der Waals surface area contributed by atoms with Gasteiger partial charge in [-0.15, -0.1) is 0 Å². The Morgan fingerprint density at radius 3 is 2.55 bits per heavy atom. The van der Waals surface area contributed by atoms with E-state index in [2.05, 4.69) is 10.3 Å². The molecule has 1 saturated heterocycles. The van der Waals surface area contributed by atoms with Crippen molar-refractivity contribution in [2.24, 2.45) is 5.84 Å². The van der Waals surface area contributed by atoms with E-state index < -0.39 is 0 Å². The molecular formula is C7H15N3O. The molecule has 0 bridgehead atoms. The molecule has 0 radical (unpaired) electrons. The van der Waals surface area contributed by atoms with Gasteiger partial charge in [-0.25, -0.2) is 5.84 Å². The first kappa shape index (κ1) is 8.49. The zero-order valence-corrected chi connectivity index (χ0v) is 6.84. The number of amides is 1. The van der Waals surface area contributed by atoms with E-state index in [1.807, 2.05) is 6.92 Å². The molecular weight excluding hydrogens is 142 g/mol. The van der Waals surface area contributed by atoms with E-state index in [-0.39, 0.29) is 11.9 Å². The van der Waals surface area contributed by atoms with Crippen LogP contribution < -0.4 is 11.3 Å². The lowest BCUT2D eigenvalue weighted by Crippen LogP contribution is -2.46. The van der Waals surface area contributed by atoms with Crippen LogP contribution in [0, 0.1) is 0 Å². The number of carbonyl (C=O) groups is 1. The summed E-state index contributed by atoms with van der Waals surface area (Å²) in [6, 6.07) is -0.0671. The molecule has 0 saturated carbocycles. The Kier molecular flexibility index (Phi) is 2.84. The molecule has 1 rings (SSSR count). The van der Waals surface area contributed by atoms with Gasteiger partial charge in [0.1, 0.15) is 0 Å². The molecule has 1 fully saturated rings. The van der Waals surface area contributed by atoms with Gasteiger partial charge in [0.05, 0.1) is 6.04 Å². The maximum atomic E-state index is 11.0. The molecule has 4 nitrogen and oxygen atoms in total. The fraction of sp³-hybridized carbons (Fsp3) is 0.857. The lowest BCUT2D eigenvalue weighted by Gasteiger charge is -2.21. The van der Waals surface area contributed by atoms with E-state index in [9.17, 15) is 4.79 Å². The second kappa shape index (κ2) is 3.69. The number of hydrazine groups is 1. The molecule has 4 heteroatoms. The van der Waals surface area contributed by atoms with Crippen LogP contribution in [0.3, 0.4) is 0 Å². The van der Waals surface area contributed by atoms with Crippen LogP contribution >= 0.6 is 0 Å². The summed E-state index contributed by atoms with van der Waals surface area (Å²) in [4.78, 5) is 13.2. The van der Waals surface area contributed by atoms with Crippen molar-refractivity contribution in [2.75, 3.05) is 13.1 Å². The average molecular weight is 157 g/mol. The highest BCUT2D eigenvalue weighted by atomic mass is 16.2. The summed E-state index contributed by atoms with van der Waals surface area (Å²) in [5.41, 5.74) is 2.16. The van der Waals surface area contributed by atoms with Gasteiger partial charge < -0.3 is 0 Å². The van der Waals surface area contributed by atoms with Gasteiger partial charge in [-0.2, -0.15) is 0 Å². The lowest BCUT2D eigenvalue weighted by atomic mass is 10.3. The second-order valence-electron chi connectivity index (χ2n) is 2.93. The van der Waals surface area contributed by atoms with Crippen molar-refractivity contribution in [3.05, 3.63) is 0 Å². The third kappa shape index (κ3) is 1.91. The topological polar surface area (TPSA) is 58.4 Å². The van der Waals surface area contributed by atoms with Gasteiger partial charge in [0.25, 0.3) is 5.91 Å². The van der Waals surface area contributed by atoms with E-state index in [0.29, 0.717) is 0 Å². The zero-order chi connectivity index (χ0) is 8.27. The van der Waals surface area contributed by atoms with Crippen LogP contribution in [0.1, 0.15) is 19.8 Å². The predicted octanol–water partition coefficient (Wildman–Crippen LogP) is -0.539. The third-order valence-electron chi connectivity index (χ3n) is 2.21. The van der Waals surface area contributed by atoms with E-state index in [0.717, 1.165) is 13.1 Å². The maximum Gasteiger partial charge on any atom is 0.250 e. The minimum absolute atomic E-state index is 0.0671.